The molecule has 0 radical (unpaired) electrons. The highest BCUT2D eigenvalue weighted by molar-refractivity contribution is 14.0. The predicted octanol–water partition coefficient (Wildman–Crippen LogP) is 4.15. The fraction of sp³-hybridized carbons (Fsp3) is 0.500. The molecule has 0 amide bonds. The topological polar surface area (TPSA) is 79.0 Å². The van der Waals surface area contributed by atoms with Crippen molar-refractivity contribution in [2.45, 2.75) is 46.3 Å². The van der Waals surface area contributed by atoms with Gasteiger partial charge in [0, 0.05) is 26.1 Å². The molecule has 1 unspecified atom stereocenters. The zero-order valence-corrected chi connectivity index (χ0v) is 20.1. The number of rotatable bonds is 10. The second-order valence-corrected chi connectivity index (χ2v) is 7.47. The molecule has 0 bridgehead atoms. The minimum atomic E-state index is -0.635. The average Bonchev–Trinajstić information content (AvgIpc) is 3.16. The molecule has 0 saturated carbocycles. The largest absolute Gasteiger partial charge is 0.491 e. The Bertz CT molecular complexity index is 701. The summed E-state index contributed by atoms with van der Waals surface area (Å²) in [6.45, 7) is 10.0. The highest BCUT2D eigenvalue weighted by atomic mass is 127. The molecular formula is C22H34IN3O3. The number of aliphatic imine (C=N–C) groups is 1. The number of hydrogen-bond acceptors (Lipinski definition) is 4. The fourth-order valence-electron chi connectivity index (χ4n) is 2.56. The molecule has 0 spiro atoms. The van der Waals surface area contributed by atoms with E-state index in [1.54, 1.807) is 6.26 Å². The van der Waals surface area contributed by atoms with Crippen molar-refractivity contribution in [1.82, 2.24) is 10.6 Å². The maximum Gasteiger partial charge on any atom is 0.191 e. The summed E-state index contributed by atoms with van der Waals surface area (Å²) in [6, 6.07) is 11.4. The van der Waals surface area contributed by atoms with Crippen LogP contribution in [-0.2, 0) is 6.42 Å². The Balaban J connectivity index is 0.00000420. The Labute approximate surface area is 191 Å². The van der Waals surface area contributed by atoms with Gasteiger partial charge in [0.05, 0.1) is 18.5 Å². The summed E-state index contributed by atoms with van der Waals surface area (Å²) in [4.78, 5) is 4.59. The van der Waals surface area contributed by atoms with Crippen molar-refractivity contribution in [3.63, 3.8) is 0 Å². The molecule has 1 heterocycles. The molecule has 0 aliphatic rings. The van der Waals surface area contributed by atoms with Crippen molar-refractivity contribution in [2.75, 3.05) is 19.6 Å². The van der Waals surface area contributed by atoms with Crippen LogP contribution >= 0.6 is 24.0 Å². The molecule has 1 atom stereocenters. The van der Waals surface area contributed by atoms with Crippen molar-refractivity contribution in [3.8, 4) is 5.75 Å². The van der Waals surface area contributed by atoms with E-state index in [9.17, 15) is 5.11 Å². The Morgan fingerprint density at radius 2 is 1.83 bits per heavy atom. The van der Waals surface area contributed by atoms with Crippen molar-refractivity contribution >= 4 is 29.9 Å². The summed E-state index contributed by atoms with van der Waals surface area (Å²) in [5.74, 6) is 2.89. The maximum atomic E-state index is 10.5. The van der Waals surface area contributed by atoms with Gasteiger partial charge in [-0.2, -0.15) is 0 Å². The minimum absolute atomic E-state index is 0. The summed E-state index contributed by atoms with van der Waals surface area (Å²) in [7, 11) is 0. The molecule has 1 aromatic carbocycles. The first kappa shape index (κ1) is 25.3. The van der Waals surface area contributed by atoms with Gasteiger partial charge in [0.1, 0.15) is 11.5 Å². The van der Waals surface area contributed by atoms with E-state index in [4.69, 9.17) is 9.15 Å². The first-order chi connectivity index (χ1) is 13.4. The van der Waals surface area contributed by atoms with Crippen LogP contribution in [-0.4, -0.2) is 36.8 Å². The quantitative estimate of drug-likeness (QED) is 0.252. The van der Waals surface area contributed by atoms with E-state index >= 15 is 0 Å². The standard InChI is InChI=1S/C22H33N3O3.HI/c1-16(2)14-24-22(23-12-11-19-6-5-13-27-19)25-15-21(26)18-7-9-20(10-8-18)28-17(3)4;/h5-10,13,16-17,21,26H,11-12,14-15H2,1-4H3,(H2,23,24,25);1H. The number of nitrogens with one attached hydrogen (secondary N) is 2. The second kappa shape index (κ2) is 13.5. The van der Waals surface area contributed by atoms with Crippen LogP contribution in [0.4, 0.5) is 0 Å². The van der Waals surface area contributed by atoms with Crippen molar-refractivity contribution in [2.24, 2.45) is 10.9 Å². The number of ether oxygens (including phenoxy) is 1. The molecule has 1 aromatic heterocycles. The smallest absolute Gasteiger partial charge is 0.191 e. The number of halogens is 1. The predicted molar refractivity (Wildman–Crippen MR) is 128 cm³/mol. The summed E-state index contributed by atoms with van der Waals surface area (Å²) < 4.78 is 11.0. The van der Waals surface area contributed by atoms with Crippen LogP contribution in [0.5, 0.6) is 5.75 Å². The number of aliphatic hydroxyl groups excluding tert-OH is 1. The number of furan rings is 1. The monoisotopic (exact) mass is 515 g/mol. The third-order valence-electron chi connectivity index (χ3n) is 3.96. The molecule has 29 heavy (non-hydrogen) atoms. The van der Waals surface area contributed by atoms with Gasteiger partial charge in [-0.05, 0) is 49.6 Å². The SMILES string of the molecule is CC(C)CN=C(NCCc1ccco1)NCC(O)c1ccc(OC(C)C)cc1.I. The zero-order valence-electron chi connectivity index (χ0n) is 17.7. The van der Waals surface area contributed by atoms with E-state index in [1.165, 1.54) is 0 Å². The van der Waals surface area contributed by atoms with Crippen molar-refractivity contribution in [3.05, 3.63) is 54.0 Å². The van der Waals surface area contributed by atoms with E-state index in [0.29, 0.717) is 31.5 Å². The van der Waals surface area contributed by atoms with Crippen LogP contribution < -0.4 is 15.4 Å². The lowest BCUT2D eigenvalue weighted by atomic mass is 10.1. The van der Waals surface area contributed by atoms with Crippen LogP contribution in [0.1, 0.15) is 45.1 Å². The number of guanidine groups is 1. The first-order valence-corrected chi connectivity index (χ1v) is 9.93. The van der Waals surface area contributed by atoms with Gasteiger partial charge in [-0.15, -0.1) is 24.0 Å². The third-order valence-corrected chi connectivity index (χ3v) is 3.96. The Kier molecular flexibility index (Phi) is 11.8. The van der Waals surface area contributed by atoms with E-state index in [2.05, 4.69) is 29.5 Å². The molecule has 162 valence electrons. The van der Waals surface area contributed by atoms with Crippen molar-refractivity contribution < 1.29 is 14.3 Å². The normalized spacial score (nSPS) is 12.6. The number of benzene rings is 1. The second-order valence-electron chi connectivity index (χ2n) is 7.47. The van der Waals surface area contributed by atoms with Gasteiger partial charge >= 0.3 is 0 Å². The molecule has 0 aliphatic carbocycles. The van der Waals surface area contributed by atoms with Gasteiger partial charge in [0.25, 0.3) is 0 Å². The van der Waals surface area contributed by atoms with Gasteiger partial charge in [0.15, 0.2) is 5.96 Å². The summed E-state index contributed by atoms with van der Waals surface area (Å²) in [5.41, 5.74) is 0.836. The Hall–Kier alpha value is -1.74. The van der Waals surface area contributed by atoms with Gasteiger partial charge in [-0.25, -0.2) is 0 Å². The zero-order chi connectivity index (χ0) is 20.4. The van der Waals surface area contributed by atoms with Gasteiger partial charge in [-0.3, -0.25) is 4.99 Å². The Morgan fingerprint density at radius 3 is 2.41 bits per heavy atom. The third kappa shape index (κ3) is 10.0. The molecule has 6 nitrogen and oxygen atoms in total. The average molecular weight is 515 g/mol. The molecule has 2 aromatic rings. The van der Waals surface area contributed by atoms with Crippen LogP contribution in [0.25, 0.3) is 0 Å². The molecule has 7 heteroatoms. The highest BCUT2D eigenvalue weighted by Crippen LogP contribution is 2.18. The van der Waals surface area contributed by atoms with E-state index in [0.717, 1.165) is 23.5 Å². The summed E-state index contributed by atoms with van der Waals surface area (Å²) in [6.07, 6.45) is 1.94. The van der Waals surface area contributed by atoms with E-state index in [-0.39, 0.29) is 30.1 Å². The number of hydrogen-bond donors (Lipinski definition) is 3. The lowest BCUT2D eigenvalue weighted by molar-refractivity contribution is 0.180. The molecule has 2 rings (SSSR count). The highest BCUT2D eigenvalue weighted by Gasteiger charge is 2.10. The van der Waals surface area contributed by atoms with Gasteiger partial charge < -0.3 is 24.9 Å². The van der Waals surface area contributed by atoms with Crippen LogP contribution in [0.15, 0.2) is 52.1 Å². The molecule has 3 N–H and O–H groups in total. The molecule has 0 fully saturated rings. The fourth-order valence-corrected chi connectivity index (χ4v) is 2.56. The van der Waals surface area contributed by atoms with Crippen molar-refractivity contribution in [1.29, 1.82) is 0 Å². The molecule has 0 saturated heterocycles. The summed E-state index contributed by atoms with van der Waals surface area (Å²) >= 11 is 0. The maximum absolute atomic E-state index is 10.5. The number of aliphatic hydroxyl groups is 1. The van der Waals surface area contributed by atoms with E-state index < -0.39 is 6.10 Å². The van der Waals surface area contributed by atoms with E-state index in [1.807, 2.05) is 50.2 Å². The van der Waals surface area contributed by atoms with Crippen LogP contribution in [0.2, 0.25) is 0 Å². The molecule has 0 aliphatic heterocycles. The van der Waals surface area contributed by atoms with Crippen LogP contribution in [0, 0.1) is 5.92 Å². The Morgan fingerprint density at radius 1 is 1.10 bits per heavy atom. The lowest BCUT2D eigenvalue weighted by Crippen LogP contribution is -2.40. The number of nitrogens with zero attached hydrogens (tertiary/aromatic N) is 1. The minimum Gasteiger partial charge on any atom is -0.491 e. The summed E-state index contributed by atoms with van der Waals surface area (Å²) in [5, 5.41) is 17.0. The molecular weight excluding hydrogens is 481 g/mol. The van der Waals surface area contributed by atoms with Crippen LogP contribution in [0.3, 0.4) is 0 Å². The first-order valence-electron chi connectivity index (χ1n) is 9.93. The van der Waals surface area contributed by atoms with Gasteiger partial charge in [0.2, 0.25) is 0 Å². The lowest BCUT2D eigenvalue weighted by Gasteiger charge is -2.17. The van der Waals surface area contributed by atoms with Gasteiger partial charge in [-0.1, -0.05) is 26.0 Å².